The molecule has 78 valence electrons. The van der Waals surface area contributed by atoms with Crippen LogP contribution in [0.1, 0.15) is 5.69 Å². The molecule has 2 rings (SSSR count). The fourth-order valence-corrected chi connectivity index (χ4v) is 1.57. The summed E-state index contributed by atoms with van der Waals surface area (Å²) in [5, 5.41) is 7.14. The van der Waals surface area contributed by atoms with Crippen LogP contribution in [-0.2, 0) is 6.54 Å². The van der Waals surface area contributed by atoms with E-state index in [4.69, 9.17) is 17.3 Å². The van der Waals surface area contributed by atoms with Gasteiger partial charge in [-0.05, 0) is 24.3 Å². The molecule has 0 atom stereocenters. The molecule has 2 aromatic rings. The molecule has 3 nitrogen and oxygen atoms in total. The maximum Gasteiger partial charge on any atom is 0.124 e. The summed E-state index contributed by atoms with van der Waals surface area (Å²) < 4.78 is 12.8. The van der Waals surface area contributed by atoms with Crippen LogP contribution in [0, 0.1) is 5.82 Å². The van der Waals surface area contributed by atoms with E-state index in [0.717, 1.165) is 5.69 Å². The van der Waals surface area contributed by atoms with Gasteiger partial charge in [0, 0.05) is 17.8 Å². The third-order valence-electron chi connectivity index (χ3n) is 2.06. The number of hydrogen-bond acceptors (Lipinski definition) is 2. The zero-order valence-corrected chi connectivity index (χ0v) is 8.55. The number of nitrogens with two attached hydrogens (primary N) is 1. The van der Waals surface area contributed by atoms with Gasteiger partial charge in [-0.3, -0.25) is 5.10 Å². The topological polar surface area (TPSA) is 54.7 Å². The molecule has 15 heavy (non-hydrogen) atoms. The fourth-order valence-electron chi connectivity index (χ4n) is 1.30. The van der Waals surface area contributed by atoms with E-state index in [-0.39, 0.29) is 5.82 Å². The number of H-pyrrole nitrogens is 1. The lowest BCUT2D eigenvalue weighted by molar-refractivity contribution is 0.628. The quantitative estimate of drug-likeness (QED) is 0.824. The van der Waals surface area contributed by atoms with E-state index >= 15 is 0 Å². The highest BCUT2D eigenvalue weighted by Gasteiger charge is 2.07. The van der Waals surface area contributed by atoms with Crippen LogP contribution < -0.4 is 5.73 Å². The van der Waals surface area contributed by atoms with Gasteiger partial charge in [0.05, 0.1) is 10.7 Å². The third-order valence-corrected chi connectivity index (χ3v) is 2.37. The number of aromatic nitrogens is 2. The lowest BCUT2D eigenvalue weighted by Crippen LogP contribution is -1.95. The van der Waals surface area contributed by atoms with Crippen molar-refractivity contribution in [3.05, 3.63) is 40.8 Å². The average molecular weight is 226 g/mol. The number of benzene rings is 1. The minimum Gasteiger partial charge on any atom is -0.325 e. The van der Waals surface area contributed by atoms with Gasteiger partial charge < -0.3 is 5.73 Å². The first-order valence-corrected chi connectivity index (χ1v) is 4.78. The van der Waals surface area contributed by atoms with Crippen LogP contribution in [0.15, 0.2) is 24.3 Å². The number of aromatic amines is 1. The van der Waals surface area contributed by atoms with Crippen molar-refractivity contribution in [1.82, 2.24) is 10.2 Å². The van der Waals surface area contributed by atoms with Crippen molar-refractivity contribution in [2.24, 2.45) is 5.73 Å². The summed E-state index contributed by atoms with van der Waals surface area (Å²) in [5.41, 5.74) is 7.61. The van der Waals surface area contributed by atoms with Gasteiger partial charge in [-0.15, -0.1) is 0 Å². The van der Waals surface area contributed by atoms with Crippen molar-refractivity contribution in [2.75, 3.05) is 0 Å². The molecule has 1 heterocycles. The molecular formula is C10H9ClFN3. The number of nitrogens with zero attached hydrogens (tertiary/aromatic N) is 1. The minimum absolute atomic E-state index is 0.338. The van der Waals surface area contributed by atoms with Gasteiger partial charge in [-0.1, -0.05) is 11.6 Å². The lowest BCUT2D eigenvalue weighted by Gasteiger charge is -1.99. The first-order chi connectivity index (χ1) is 7.20. The third kappa shape index (κ3) is 2.00. The van der Waals surface area contributed by atoms with Gasteiger partial charge in [0.15, 0.2) is 0 Å². The molecule has 0 aliphatic rings. The molecule has 0 aliphatic carbocycles. The molecule has 0 amide bonds. The Morgan fingerprint density at radius 3 is 2.80 bits per heavy atom. The summed E-state index contributed by atoms with van der Waals surface area (Å²) >= 11 is 5.89. The van der Waals surface area contributed by atoms with Crippen LogP contribution in [0.4, 0.5) is 4.39 Å². The van der Waals surface area contributed by atoms with Crippen LogP contribution in [0.5, 0.6) is 0 Å². The van der Waals surface area contributed by atoms with Crippen molar-refractivity contribution in [3.63, 3.8) is 0 Å². The van der Waals surface area contributed by atoms with Crippen LogP contribution in [0.3, 0.4) is 0 Å². The summed E-state index contributed by atoms with van der Waals surface area (Å²) in [6.07, 6.45) is 0. The molecule has 0 saturated carbocycles. The Labute approximate surface area is 91.1 Å². The van der Waals surface area contributed by atoms with Crippen LogP contribution in [0.2, 0.25) is 5.02 Å². The second-order valence-corrected chi connectivity index (χ2v) is 3.51. The summed E-state index contributed by atoms with van der Waals surface area (Å²) in [7, 11) is 0. The van der Waals surface area contributed by atoms with E-state index in [9.17, 15) is 4.39 Å². The molecule has 5 heteroatoms. The lowest BCUT2D eigenvalue weighted by atomic mass is 10.1. The van der Waals surface area contributed by atoms with E-state index in [2.05, 4.69) is 10.2 Å². The SMILES string of the molecule is NCc1cc(-c2ccc(F)cc2Cl)n[nH]1. The van der Waals surface area contributed by atoms with Gasteiger partial charge in [0.1, 0.15) is 5.82 Å². The highest BCUT2D eigenvalue weighted by Crippen LogP contribution is 2.27. The van der Waals surface area contributed by atoms with E-state index in [1.165, 1.54) is 12.1 Å². The zero-order valence-electron chi connectivity index (χ0n) is 7.80. The average Bonchev–Trinajstić information content (AvgIpc) is 2.66. The zero-order chi connectivity index (χ0) is 10.8. The largest absolute Gasteiger partial charge is 0.325 e. The number of rotatable bonds is 2. The number of halogens is 2. The number of hydrogen-bond donors (Lipinski definition) is 2. The molecule has 3 N–H and O–H groups in total. The molecule has 1 aromatic carbocycles. The molecule has 0 aliphatic heterocycles. The van der Waals surface area contributed by atoms with Crippen LogP contribution in [-0.4, -0.2) is 10.2 Å². The molecule has 0 radical (unpaired) electrons. The second-order valence-electron chi connectivity index (χ2n) is 3.11. The van der Waals surface area contributed by atoms with Crippen molar-refractivity contribution < 1.29 is 4.39 Å². The maximum absolute atomic E-state index is 12.8. The van der Waals surface area contributed by atoms with Crippen LogP contribution >= 0.6 is 11.6 Å². The van der Waals surface area contributed by atoms with E-state index < -0.39 is 0 Å². The Hall–Kier alpha value is -1.39. The summed E-state index contributed by atoms with van der Waals surface area (Å²) in [6.45, 7) is 0.381. The Kier molecular flexibility index (Phi) is 2.70. The molecular weight excluding hydrogens is 217 g/mol. The Bertz CT molecular complexity index is 481. The summed E-state index contributed by atoms with van der Waals surface area (Å²) in [5.74, 6) is -0.363. The smallest absolute Gasteiger partial charge is 0.124 e. The highest BCUT2D eigenvalue weighted by molar-refractivity contribution is 6.33. The first kappa shape index (κ1) is 10.1. The van der Waals surface area contributed by atoms with Crippen molar-refractivity contribution >= 4 is 11.6 Å². The van der Waals surface area contributed by atoms with Crippen molar-refractivity contribution in [1.29, 1.82) is 0 Å². The fraction of sp³-hybridized carbons (Fsp3) is 0.100. The normalized spacial score (nSPS) is 10.6. The first-order valence-electron chi connectivity index (χ1n) is 4.40. The predicted molar refractivity (Wildman–Crippen MR) is 56.9 cm³/mol. The molecule has 0 saturated heterocycles. The van der Waals surface area contributed by atoms with Gasteiger partial charge in [-0.2, -0.15) is 5.10 Å². The van der Waals surface area contributed by atoms with Crippen molar-refractivity contribution in [2.45, 2.75) is 6.54 Å². The van der Waals surface area contributed by atoms with Gasteiger partial charge in [-0.25, -0.2) is 4.39 Å². The predicted octanol–water partition coefficient (Wildman–Crippen LogP) is 2.33. The van der Waals surface area contributed by atoms with Crippen LogP contribution in [0.25, 0.3) is 11.3 Å². The highest BCUT2D eigenvalue weighted by atomic mass is 35.5. The van der Waals surface area contributed by atoms with E-state index in [1.807, 2.05) is 0 Å². The van der Waals surface area contributed by atoms with Gasteiger partial charge in [0.2, 0.25) is 0 Å². The summed E-state index contributed by atoms with van der Waals surface area (Å²) in [4.78, 5) is 0. The summed E-state index contributed by atoms with van der Waals surface area (Å²) in [6, 6.07) is 5.99. The number of nitrogens with one attached hydrogen (secondary N) is 1. The molecule has 0 fully saturated rings. The Morgan fingerprint density at radius 1 is 1.40 bits per heavy atom. The maximum atomic E-state index is 12.8. The van der Waals surface area contributed by atoms with Gasteiger partial charge >= 0.3 is 0 Å². The van der Waals surface area contributed by atoms with Gasteiger partial charge in [0.25, 0.3) is 0 Å². The Balaban J connectivity index is 2.44. The molecule has 0 bridgehead atoms. The van der Waals surface area contributed by atoms with E-state index in [1.54, 1.807) is 12.1 Å². The molecule has 0 spiro atoms. The monoisotopic (exact) mass is 225 g/mol. The molecule has 1 aromatic heterocycles. The van der Waals surface area contributed by atoms with E-state index in [0.29, 0.717) is 22.8 Å². The van der Waals surface area contributed by atoms with Crippen molar-refractivity contribution in [3.8, 4) is 11.3 Å². The second kappa shape index (κ2) is 4.00. The molecule has 0 unspecified atom stereocenters. The Morgan fingerprint density at radius 2 is 2.20 bits per heavy atom. The minimum atomic E-state index is -0.363. The standard InChI is InChI=1S/C10H9ClFN3/c11-9-3-6(12)1-2-8(9)10-4-7(5-13)14-15-10/h1-4H,5,13H2,(H,14,15).